The molecule has 0 spiro atoms. The lowest BCUT2D eigenvalue weighted by atomic mass is 10.1. The van der Waals surface area contributed by atoms with Crippen LogP contribution in [-0.4, -0.2) is 58.0 Å². The van der Waals surface area contributed by atoms with Crippen LogP contribution in [0.2, 0.25) is 10.0 Å². The Morgan fingerprint density at radius 2 is 1.62 bits per heavy atom. The Bertz CT molecular complexity index is 1590. The molecule has 0 aliphatic heterocycles. The Morgan fingerprint density at radius 3 is 2.20 bits per heavy atom. The number of nitrogens with one attached hydrogen (secondary N) is 1. The molecule has 0 bridgehead atoms. The normalized spacial score (nSPS) is 14.1. The highest BCUT2D eigenvalue weighted by Gasteiger charge is 2.36. The summed E-state index contributed by atoms with van der Waals surface area (Å²) < 4.78 is 40.5. The monoisotopic (exact) mass is 675 g/mol. The molecule has 3 aromatic carbocycles. The molecule has 0 saturated heterocycles. The van der Waals surface area contributed by atoms with Gasteiger partial charge in [0, 0.05) is 34.3 Å². The fourth-order valence-electron chi connectivity index (χ4n) is 5.48. The smallest absolute Gasteiger partial charge is 0.264 e. The summed E-state index contributed by atoms with van der Waals surface area (Å²) in [7, 11) is -1.45. The third-order valence-corrected chi connectivity index (χ3v) is 10.5. The average molecular weight is 677 g/mol. The maximum absolute atomic E-state index is 14.5. The van der Waals surface area contributed by atoms with Gasteiger partial charge >= 0.3 is 0 Å². The van der Waals surface area contributed by atoms with Crippen molar-refractivity contribution in [3.05, 3.63) is 81.8 Å². The van der Waals surface area contributed by atoms with E-state index < -0.39 is 28.5 Å². The lowest BCUT2D eigenvalue weighted by Crippen LogP contribution is -2.53. The van der Waals surface area contributed by atoms with E-state index in [1.54, 1.807) is 49.4 Å². The zero-order valence-electron chi connectivity index (χ0n) is 25.9. The number of benzene rings is 3. The summed E-state index contributed by atoms with van der Waals surface area (Å²) in [5.41, 5.74) is 1.43. The number of rotatable bonds is 13. The second-order valence-electron chi connectivity index (χ2n) is 11.0. The second kappa shape index (κ2) is 15.2. The number of carbonyl (C=O) groups is 2. The minimum atomic E-state index is -4.32. The summed E-state index contributed by atoms with van der Waals surface area (Å²) in [4.78, 5) is 29.5. The number of nitrogens with zero attached hydrogens (tertiary/aromatic N) is 2. The van der Waals surface area contributed by atoms with Crippen LogP contribution in [0.4, 0.5) is 5.69 Å². The van der Waals surface area contributed by atoms with E-state index in [0.717, 1.165) is 35.6 Å². The maximum Gasteiger partial charge on any atom is 0.264 e. The highest BCUT2D eigenvalue weighted by molar-refractivity contribution is 7.92. The van der Waals surface area contributed by atoms with Crippen LogP contribution >= 0.6 is 23.2 Å². The van der Waals surface area contributed by atoms with E-state index in [9.17, 15) is 18.0 Å². The Kier molecular flexibility index (Phi) is 11.6. The molecule has 1 fully saturated rings. The Balaban J connectivity index is 1.81. The summed E-state index contributed by atoms with van der Waals surface area (Å²) in [5.74, 6) is -0.358. The lowest BCUT2D eigenvalue weighted by Gasteiger charge is -2.34. The van der Waals surface area contributed by atoms with Crippen molar-refractivity contribution in [1.82, 2.24) is 10.2 Å². The minimum Gasteiger partial charge on any atom is -0.497 e. The summed E-state index contributed by atoms with van der Waals surface area (Å²) >= 11 is 13.0. The molecule has 45 heavy (non-hydrogen) atoms. The van der Waals surface area contributed by atoms with Gasteiger partial charge < -0.3 is 19.7 Å². The topological polar surface area (TPSA) is 105 Å². The summed E-state index contributed by atoms with van der Waals surface area (Å²) in [6, 6.07) is 15.1. The van der Waals surface area contributed by atoms with Gasteiger partial charge in [0.15, 0.2) is 0 Å². The van der Waals surface area contributed by atoms with Crippen molar-refractivity contribution in [1.29, 1.82) is 0 Å². The quantitative estimate of drug-likeness (QED) is 0.225. The van der Waals surface area contributed by atoms with Gasteiger partial charge in [-0.2, -0.15) is 0 Å². The fourth-order valence-corrected chi connectivity index (χ4v) is 7.42. The van der Waals surface area contributed by atoms with Crippen molar-refractivity contribution in [3.8, 4) is 11.5 Å². The van der Waals surface area contributed by atoms with E-state index in [0.29, 0.717) is 21.4 Å². The van der Waals surface area contributed by atoms with Crippen molar-refractivity contribution in [2.45, 2.75) is 69.5 Å². The summed E-state index contributed by atoms with van der Waals surface area (Å²) in [6.45, 7) is 2.90. The Hall–Kier alpha value is -3.47. The van der Waals surface area contributed by atoms with E-state index in [1.807, 2.05) is 6.92 Å². The Labute approximate surface area is 275 Å². The van der Waals surface area contributed by atoms with Gasteiger partial charge in [0.05, 0.1) is 24.8 Å². The van der Waals surface area contributed by atoms with Gasteiger partial charge in [0.25, 0.3) is 10.0 Å². The minimum absolute atomic E-state index is 0.0162. The number of anilines is 1. The van der Waals surface area contributed by atoms with Gasteiger partial charge in [-0.1, -0.05) is 66.7 Å². The molecule has 1 saturated carbocycles. The number of carbonyl (C=O) groups excluding carboxylic acids is 2. The molecule has 1 atom stereocenters. The van der Waals surface area contributed by atoms with E-state index >= 15 is 0 Å². The summed E-state index contributed by atoms with van der Waals surface area (Å²) in [6.07, 6.45) is 4.05. The first kappa shape index (κ1) is 34.4. The predicted octanol–water partition coefficient (Wildman–Crippen LogP) is 6.38. The van der Waals surface area contributed by atoms with Gasteiger partial charge in [0.1, 0.15) is 24.1 Å². The van der Waals surface area contributed by atoms with Crippen molar-refractivity contribution >= 4 is 50.7 Å². The van der Waals surface area contributed by atoms with Crippen molar-refractivity contribution in [2.75, 3.05) is 25.1 Å². The number of hydrogen-bond acceptors (Lipinski definition) is 6. The number of ether oxygens (including phenoxy) is 2. The van der Waals surface area contributed by atoms with Crippen LogP contribution in [0.15, 0.2) is 65.6 Å². The highest BCUT2D eigenvalue weighted by atomic mass is 35.5. The van der Waals surface area contributed by atoms with Gasteiger partial charge in [-0.15, -0.1) is 0 Å². The number of halogens is 2. The number of sulfonamides is 1. The molecule has 1 aliphatic carbocycles. The third kappa shape index (κ3) is 8.04. The molecule has 3 aromatic rings. The fraction of sp³-hybridized carbons (Fsp3) is 0.394. The molecule has 0 radical (unpaired) electrons. The lowest BCUT2D eigenvalue weighted by molar-refractivity contribution is -0.140. The third-order valence-electron chi connectivity index (χ3n) is 8.02. The standard InChI is InChI=1S/C33H39Cl2N3O6S/c1-5-29(33(40)36-23-9-6-7-10-23)37(20-26-27(34)11-8-12-28(26)35)32(39)21-38(30-19-24(43-3)15-18-31(30)44-4)45(41,42)25-16-13-22(2)14-17-25/h8,11-19,23,29H,5-7,9-10,20-21H2,1-4H3,(H,36,40)/t29-/m1/s1. The molecule has 242 valence electrons. The van der Waals surface area contributed by atoms with Gasteiger partial charge in [0.2, 0.25) is 11.8 Å². The second-order valence-corrected chi connectivity index (χ2v) is 13.7. The van der Waals surface area contributed by atoms with E-state index in [2.05, 4.69) is 5.32 Å². The molecular formula is C33H39Cl2N3O6S. The average Bonchev–Trinajstić information content (AvgIpc) is 3.53. The zero-order valence-corrected chi connectivity index (χ0v) is 28.2. The molecule has 1 N–H and O–H groups in total. The first-order chi connectivity index (χ1) is 21.5. The number of hydrogen-bond donors (Lipinski definition) is 1. The van der Waals surface area contributed by atoms with Crippen LogP contribution < -0.4 is 19.1 Å². The van der Waals surface area contributed by atoms with Crippen LogP contribution in [0, 0.1) is 6.92 Å². The van der Waals surface area contributed by atoms with E-state index in [4.69, 9.17) is 32.7 Å². The first-order valence-electron chi connectivity index (χ1n) is 14.8. The number of amides is 2. The van der Waals surface area contributed by atoms with Crippen molar-refractivity contribution < 1.29 is 27.5 Å². The zero-order chi connectivity index (χ0) is 32.7. The van der Waals surface area contributed by atoms with Crippen molar-refractivity contribution in [3.63, 3.8) is 0 Å². The predicted molar refractivity (Wildman–Crippen MR) is 177 cm³/mol. The van der Waals surface area contributed by atoms with E-state index in [1.165, 1.54) is 37.3 Å². The van der Waals surface area contributed by atoms with Gasteiger partial charge in [-0.25, -0.2) is 8.42 Å². The molecule has 9 nitrogen and oxygen atoms in total. The van der Waals surface area contributed by atoms with Crippen LogP contribution in [-0.2, 0) is 26.2 Å². The first-order valence-corrected chi connectivity index (χ1v) is 17.0. The highest BCUT2D eigenvalue weighted by Crippen LogP contribution is 2.36. The maximum atomic E-state index is 14.5. The number of methoxy groups -OCH3 is 2. The van der Waals surface area contributed by atoms with E-state index in [-0.39, 0.29) is 41.2 Å². The molecule has 1 aliphatic rings. The molecular weight excluding hydrogens is 637 g/mol. The van der Waals surface area contributed by atoms with Gasteiger partial charge in [-0.05, 0) is 62.6 Å². The molecule has 2 amide bonds. The molecule has 0 heterocycles. The number of aryl methyl sites for hydroxylation is 1. The molecule has 4 rings (SSSR count). The van der Waals surface area contributed by atoms with Crippen LogP contribution in [0.25, 0.3) is 0 Å². The van der Waals surface area contributed by atoms with Crippen LogP contribution in [0.3, 0.4) is 0 Å². The SMILES string of the molecule is CC[C@H](C(=O)NC1CCCC1)N(Cc1c(Cl)cccc1Cl)C(=O)CN(c1cc(OC)ccc1OC)S(=O)(=O)c1ccc(C)cc1. The largest absolute Gasteiger partial charge is 0.497 e. The van der Waals surface area contributed by atoms with Gasteiger partial charge in [-0.3, -0.25) is 13.9 Å². The van der Waals surface area contributed by atoms with Crippen molar-refractivity contribution in [2.24, 2.45) is 0 Å². The molecule has 12 heteroatoms. The molecule has 0 aromatic heterocycles. The summed E-state index contributed by atoms with van der Waals surface area (Å²) in [5, 5.41) is 3.74. The Morgan fingerprint density at radius 1 is 0.978 bits per heavy atom. The van der Waals surface area contributed by atoms with Crippen LogP contribution in [0.1, 0.15) is 50.2 Å². The molecule has 0 unspecified atom stereocenters. The van der Waals surface area contributed by atoms with Crippen LogP contribution in [0.5, 0.6) is 11.5 Å².